The molecule has 0 spiro atoms. The zero-order valence-electron chi connectivity index (χ0n) is 17.8. The molecule has 2 aromatic carbocycles. The third-order valence-electron chi connectivity index (χ3n) is 4.75. The minimum atomic E-state index is -0.505. The first-order valence-electron chi connectivity index (χ1n) is 10.5. The van der Waals surface area contributed by atoms with Gasteiger partial charge in [0.05, 0.1) is 6.61 Å². The molecule has 0 aliphatic rings. The maximum atomic E-state index is 13.1. The van der Waals surface area contributed by atoms with Crippen molar-refractivity contribution in [2.75, 3.05) is 13.2 Å². The lowest BCUT2D eigenvalue weighted by Gasteiger charge is -2.30. The van der Waals surface area contributed by atoms with Crippen LogP contribution in [-0.4, -0.2) is 35.9 Å². The summed E-state index contributed by atoms with van der Waals surface area (Å²) in [5.41, 5.74) is 0.940. The normalized spacial score (nSPS) is 11.6. The molecule has 2 rings (SSSR count). The van der Waals surface area contributed by atoms with Gasteiger partial charge in [0.2, 0.25) is 11.8 Å². The summed E-state index contributed by atoms with van der Waals surface area (Å²) < 4.78 is 5.69. The Bertz CT molecular complexity index is 781. The number of hydrogen-bond donors (Lipinski definition) is 1. The number of nitrogens with one attached hydrogen (secondary N) is 1. The van der Waals surface area contributed by atoms with Crippen LogP contribution in [0.2, 0.25) is 5.02 Å². The van der Waals surface area contributed by atoms with Crippen molar-refractivity contribution in [3.63, 3.8) is 0 Å². The van der Waals surface area contributed by atoms with Crippen molar-refractivity contribution in [3.8, 4) is 5.75 Å². The Labute approximate surface area is 184 Å². The lowest BCUT2D eigenvalue weighted by atomic mass is 10.1. The van der Waals surface area contributed by atoms with Crippen molar-refractivity contribution in [1.82, 2.24) is 10.2 Å². The number of ether oxygens (including phenoxy) is 1. The zero-order chi connectivity index (χ0) is 21.8. The molecule has 0 aromatic heterocycles. The average Bonchev–Trinajstić information content (AvgIpc) is 2.77. The number of rotatable bonds is 12. The van der Waals surface area contributed by atoms with E-state index in [1.165, 1.54) is 0 Å². The lowest BCUT2D eigenvalue weighted by Crippen LogP contribution is -2.49. The molecule has 2 amide bonds. The molecule has 0 unspecified atom stereocenters. The number of nitrogens with zero attached hydrogens (tertiary/aromatic N) is 1. The van der Waals surface area contributed by atoms with Crippen LogP contribution in [0.5, 0.6) is 5.75 Å². The molecule has 0 aliphatic carbocycles. The third kappa shape index (κ3) is 7.71. The maximum Gasteiger partial charge on any atom is 0.242 e. The number of para-hydroxylation sites is 1. The van der Waals surface area contributed by atoms with Crippen molar-refractivity contribution in [3.05, 3.63) is 65.2 Å². The number of carbonyl (C=O) groups is 2. The predicted molar refractivity (Wildman–Crippen MR) is 121 cm³/mol. The molecular weight excluding hydrogens is 400 g/mol. The van der Waals surface area contributed by atoms with Gasteiger partial charge in [-0.3, -0.25) is 9.59 Å². The first-order chi connectivity index (χ1) is 14.5. The van der Waals surface area contributed by atoms with E-state index in [9.17, 15) is 9.59 Å². The van der Waals surface area contributed by atoms with Crippen LogP contribution in [0.15, 0.2) is 54.6 Å². The summed E-state index contributed by atoms with van der Waals surface area (Å²) in [6.45, 7) is 5.35. The molecule has 0 radical (unpaired) electrons. The second kappa shape index (κ2) is 12.9. The number of hydrogen-bond acceptors (Lipinski definition) is 3. The van der Waals surface area contributed by atoms with Crippen molar-refractivity contribution in [2.24, 2.45) is 0 Å². The highest BCUT2D eigenvalue weighted by molar-refractivity contribution is 6.30. The van der Waals surface area contributed by atoms with Gasteiger partial charge in [-0.15, -0.1) is 0 Å². The van der Waals surface area contributed by atoms with Crippen molar-refractivity contribution >= 4 is 23.4 Å². The molecule has 5 nitrogen and oxygen atoms in total. The molecule has 1 N–H and O–H groups in total. The van der Waals surface area contributed by atoms with E-state index in [0.717, 1.165) is 17.7 Å². The standard InChI is InChI=1S/C24H31ClN2O3/c1-3-16-26-24(29)22(4-2)27(18-19-12-14-20(25)15-13-19)23(28)11-8-17-30-21-9-6-5-7-10-21/h5-7,9-10,12-15,22H,3-4,8,11,16-18H2,1-2H3,(H,26,29)/t22-/m0/s1. The molecule has 30 heavy (non-hydrogen) atoms. The highest BCUT2D eigenvalue weighted by atomic mass is 35.5. The molecule has 0 aliphatic heterocycles. The predicted octanol–water partition coefficient (Wildman–Crippen LogP) is 4.83. The van der Waals surface area contributed by atoms with Crippen LogP contribution in [0.4, 0.5) is 0 Å². The topological polar surface area (TPSA) is 58.6 Å². The van der Waals surface area contributed by atoms with Crippen LogP contribution in [0.25, 0.3) is 0 Å². The number of halogens is 1. The summed E-state index contributed by atoms with van der Waals surface area (Å²) in [6.07, 6.45) is 2.30. The third-order valence-corrected chi connectivity index (χ3v) is 5.00. The van der Waals surface area contributed by atoms with E-state index < -0.39 is 6.04 Å². The number of amides is 2. The highest BCUT2D eigenvalue weighted by Crippen LogP contribution is 2.17. The van der Waals surface area contributed by atoms with Gasteiger partial charge in [0.15, 0.2) is 0 Å². The number of benzene rings is 2. The zero-order valence-corrected chi connectivity index (χ0v) is 18.5. The van der Waals surface area contributed by atoms with E-state index in [2.05, 4.69) is 5.32 Å². The highest BCUT2D eigenvalue weighted by Gasteiger charge is 2.28. The molecule has 0 saturated heterocycles. The molecule has 0 heterocycles. The molecule has 6 heteroatoms. The van der Waals surface area contributed by atoms with E-state index in [1.807, 2.05) is 56.3 Å². The van der Waals surface area contributed by atoms with E-state index >= 15 is 0 Å². The summed E-state index contributed by atoms with van der Waals surface area (Å²) in [4.78, 5) is 27.4. The summed E-state index contributed by atoms with van der Waals surface area (Å²) in [7, 11) is 0. The van der Waals surface area contributed by atoms with Gasteiger partial charge in [-0.25, -0.2) is 0 Å². The molecule has 1 atom stereocenters. The smallest absolute Gasteiger partial charge is 0.242 e. The summed E-state index contributed by atoms with van der Waals surface area (Å²) in [6, 6.07) is 16.4. The number of carbonyl (C=O) groups excluding carboxylic acids is 2. The summed E-state index contributed by atoms with van der Waals surface area (Å²) >= 11 is 5.98. The van der Waals surface area contributed by atoms with E-state index in [4.69, 9.17) is 16.3 Å². The molecular formula is C24H31ClN2O3. The Balaban J connectivity index is 2.03. The Morgan fingerprint density at radius 3 is 2.40 bits per heavy atom. The first kappa shape index (κ1) is 23.7. The van der Waals surface area contributed by atoms with E-state index in [0.29, 0.717) is 44.0 Å². The van der Waals surface area contributed by atoms with Crippen LogP contribution >= 0.6 is 11.6 Å². The Hall–Kier alpha value is -2.53. The molecule has 0 bridgehead atoms. The van der Waals surface area contributed by atoms with Crippen LogP contribution in [0.1, 0.15) is 45.1 Å². The average molecular weight is 431 g/mol. The molecule has 0 fully saturated rings. The summed E-state index contributed by atoms with van der Waals surface area (Å²) in [5, 5.41) is 3.56. The van der Waals surface area contributed by atoms with Crippen molar-refractivity contribution in [1.29, 1.82) is 0 Å². The first-order valence-corrected chi connectivity index (χ1v) is 10.9. The van der Waals surface area contributed by atoms with Gasteiger partial charge in [0, 0.05) is 24.5 Å². The van der Waals surface area contributed by atoms with Gasteiger partial charge in [-0.2, -0.15) is 0 Å². The molecule has 162 valence electrons. The second-order valence-corrected chi connectivity index (χ2v) is 7.56. The van der Waals surface area contributed by atoms with Crippen LogP contribution in [-0.2, 0) is 16.1 Å². The SMILES string of the molecule is CCCNC(=O)[C@H](CC)N(Cc1ccc(Cl)cc1)C(=O)CCCOc1ccccc1. The van der Waals surface area contributed by atoms with E-state index in [1.54, 1.807) is 17.0 Å². The monoisotopic (exact) mass is 430 g/mol. The largest absolute Gasteiger partial charge is 0.494 e. The quantitative estimate of drug-likeness (QED) is 0.490. The Morgan fingerprint density at radius 1 is 1.07 bits per heavy atom. The second-order valence-electron chi connectivity index (χ2n) is 7.13. The van der Waals surface area contributed by atoms with Gasteiger partial charge in [-0.05, 0) is 49.1 Å². The Morgan fingerprint density at radius 2 is 1.77 bits per heavy atom. The Kier molecular flexibility index (Phi) is 10.2. The fraction of sp³-hybridized carbons (Fsp3) is 0.417. The van der Waals surface area contributed by atoms with Crippen molar-refractivity contribution < 1.29 is 14.3 Å². The fourth-order valence-corrected chi connectivity index (χ4v) is 3.27. The van der Waals surface area contributed by atoms with Crippen LogP contribution in [0.3, 0.4) is 0 Å². The lowest BCUT2D eigenvalue weighted by molar-refractivity contribution is -0.141. The minimum absolute atomic E-state index is 0.0555. The van der Waals surface area contributed by atoms with Crippen LogP contribution < -0.4 is 10.1 Å². The van der Waals surface area contributed by atoms with Gasteiger partial charge in [0.1, 0.15) is 11.8 Å². The minimum Gasteiger partial charge on any atom is -0.494 e. The maximum absolute atomic E-state index is 13.1. The fourth-order valence-electron chi connectivity index (χ4n) is 3.15. The molecule has 0 saturated carbocycles. The van der Waals surface area contributed by atoms with Gasteiger partial charge in [-0.1, -0.05) is 55.8 Å². The van der Waals surface area contributed by atoms with Crippen molar-refractivity contribution in [2.45, 2.75) is 52.1 Å². The van der Waals surface area contributed by atoms with E-state index in [-0.39, 0.29) is 11.8 Å². The molecule has 2 aromatic rings. The van der Waals surface area contributed by atoms with Gasteiger partial charge < -0.3 is 15.0 Å². The van der Waals surface area contributed by atoms with Gasteiger partial charge >= 0.3 is 0 Å². The van der Waals surface area contributed by atoms with Crippen LogP contribution in [0, 0.1) is 0 Å². The van der Waals surface area contributed by atoms with Gasteiger partial charge in [0.25, 0.3) is 0 Å². The summed E-state index contributed by atoms with van der Waals surface area (Å²) in [5.74, 6) is 0.621.